The van der Waals surface area contributed by atoms with Crippen LogP contribution in [0.15, 0.2) is 59.8 Å². The number of aryl methyl sites for hydroxylation is 1. The molecule has 6 nitrogen and oxygen atoms in total. The molecule has 0 amide bonds. The normalized spacial score (nSPS) is 12.7. The summed E-state index contributed by atoms with van der Waals surface area (Å²) >= 11 is 12.1. The van der Waals surface area contributed by atoms with Gasteiger partial charge in [0.2, 0.25) is 10.0 Å². The molecule has 0 aliphatic heterocycles. The van der Waals surface area contributed by atoms with Gasteiger partial charge in [-0.3, -0.25) is 0 Å². The van der Waals surface area contributed by atoms with E-state index in [9.17, 15) is 8.42 Å². The molecule has 0 fully saturated rings. The molecule has 3 rings (SSSR count). The lowest BCUT2D eigenvalue weighted by Crippen LogP contribution is -2.31. The van der Waals surface area contributed by atoms with Gasteiger partial charge in [0.1, 0.15) is 22.5 Å². The molecule has 3 aromatic rings. The molecule has 1 N–H and O–H groups in total. The molecule has 1 heterocycles. The van der Waals surface area contributed by atoms with Crippen LogP contribution < -0.4 is 9.46 Å². The summed E-state index contributed by atoms with van der Waals surface area (Å²) in [4.78, 5) is 4.20. The molecular formula is C18H17Cl2N3O3S. The van der Waals surface area contributed by atoms with Crippen LogP contribution in [0.25, 0.3) is 0 Å². The Kier molecular flexibility index (Phi) is 5.76. The van der Waals surface area contributed by atoms with Crippen molar-refractivity contribution in [3.8, 4) is 5.75 Å². The fraction of sp³-hybridized carbons (Fsp3) is 0.167. The second kappa shape index (κ2) is 7.90. The number of sulfonamides is 1. The molecule has 0 spiro atoms. The summed E-state index contributed by atoms with van der Waals surface area (Å²) in [5.41, 5.74) is 0.672. The van der Waals surface area contributed by atoms with E-state index in [1.54, 1.807) is 55.4 Å². The van der Waals surface area contributed by atoms with Crippen molar-refractivity contribution in [2.24, 2.45) is 7.05 Å². The van der Waals surface area contributed by atoms with E-state index in [0.29, 0.717) is 17.1 Å². The number of hydrogen-bond acceptors (Lipinski definition) is 4. The standard InChI is InChI=1S/C18H17Cl2N3O3S/c1-23-9-8-21-18(23)17(12-4-3-5-14(10-12)26-2)22-27(24,25)16-11-13(19)6-7-15(16)20/h3-11,17,22H,1-2H3. The van der Waals surface area contributed by atoms with E-state index in [4.69, 9.17) is 27.9 Å². The lowest BCUT2D eigenvalue weighted by Gasteiger charge is -2.20. The molecule has 1 unspecified atom stereocenters. The molecule has 142 valence electrons. The van der Waals surface area contributed by atoms with Crippen LogP contribution in [0, 0.1) is 0 Å². The molecule has 27 heavy (non-hydrogen) atoms. The first-order valence-electron chi connectivity index (χ1n) is 7.90. The third-order valence-electron chi connectivity index (χ3n) is 4.00. The molecular weight excluding hydrogens is 409 g/mol. The van der Waals surface area contributed by atoms with Gasteiger partial charge in [0.15, 0.2) is 0 Å². The Morgan fingerprint density at radius 1 is 1.19 bits per heavy atom. The largest absolute Gasteiger partial charge is 0.497 e. The minimum absolute atomic E-state index is 0.0798. The summed E-state index contributed by atoms with van der Waals surface area (Å²) in [6.45, 7) is 0. The first-order valence-corrected chi connectivity index (χ1v) is 10.1. The minimum atomic E-state index is -3.98. The molecule has 1 aromatic heterocycles. The molecule has 0 aliphatic carbocycles. The maximum absolute atomic E-state index is 13.0. The van der Waals surface area contributed by atoms with E-state index in [0.717, 1.165) is 0 Å². The summed E-state index contributed by atoms with van der Waals surface area (Å²) < 4.78 is 35.7. The van der Waals surface area contributed by atoms with E-state index in [-0.39, 0.29) is 14.9 Å². The number of methoxy groups -OCH3 is 1. The van der Waals surface area contributed by atoms with Crippen molar-refractivity contribution in [2.45, 2.75) is 10.9 Å². The summed E-state index contributed by atoms with van der Waals surface area (Å²) in [6.07, 6.45) is 3.34. The molecule has 0 aliphatic rings. The zero-order valence-electron chi connectivity index (χ0n) is 14.6. The fourth-order valence-electron chi connectivity index (χ4n) is 2.65. The van der Waals surface area contributed by atoms with Gasteiger partial charge in [0, 0.05) is 24.5 Å². The van der Waals surface area contributed by atoms with Crippen LogP contribution in [0.3, 0.4) is 0 Å². The molecule has 0 radical (unpaired) electrons. The van der Waals surface area contributed by atoms with Crippen LogP contribution in [-0.4, -0.2) is 25.1 Å². The Morgan fingerprint density at radius 3 is 2.63 bits per heavy atom. The predicted octanol–water partition coefficient (Wildman–Crippen LogP) is 3.80. The lowest BCUT2D eigenvalue weighted by molar-refractivity contribution is 0.413. The highest BCUT2D eigenvalue weighted by Gasteiger charge is 2.27. The molecule has 0 saturated carbocycles. The molecule has 1 atom stereocenters. The first kappa shape index (κ1) is 19.7. The van der Waals surface area contributed by atoms with Gasteiger partial charge in [-0.2, -0.15) is 4.72 Å². The van der Waals surface area contributed by atoms with Gasteiger partial charge in [-0.15, -0.1) is 0 Å². The van der Waals surface area contributed by atoms with Gasteiger partial charge in [-0.1, -0.05) is 35.3 Å². The van der Waals surface area contributed by atoms with Gasteiger partial charge >= 0.3 is 0 Å². The Balaban J connectivity index is 2.09. The Hall–Kier alpha value is -2.06. The second-order valence-electron chi connectivity index (χ2n) is 5.80. The van der Waals surface area contributed by atoms with Gasteiger partial charge < -0.3 is 9.30 Å². The molecule has 2 aromatic carbocycles. The lowest BCUT2D eigenvalue weighted by atomic mass is 10.1. The summed E-state index contributed by atoms with van der Waals surface area (Å²) in [7, 11) is -0.649. The fourth-order valence-corrected chi connectivity index (χ4v) is 4.59. The summed E-state index contributed by atoms with van der Waals surface area (Å²) in [5, 5.41) is 0.353. The molecule has 0 saturated heterocycles. The van der Waals surface area contributed by atoms with Crippen LogP contribution in [0.1, 0.15) is 17.4 Å². The van der Waals surface area contributed by atoms with Crippen molar-refractivity contribution in [3.05, 3.63) is 76.3 Å². The monoisotopic (exact) mass is 425 g/mol. The number of nitrogens with zero attached hydrogens (tertiary/aromatic N) is 2. The number of hydrogen-bond donors (Lipinski definition) is 1. The van der Waals surface area contributed by atoms with Gasteiger partial charge in [-0.05, 0) is 35.9 Å². The Bertz CT molecular complexity index is 1070. The number of nitrogens with one attached hydrogen (secondary N) is 1. The Labute approximate surface area is 167 Å². The van der Waals surface area contributed by atoms with Crippen molar-refractivity contribution in [3.63, 3.8) is 0 Å². The summed E-state index contributed by atoms with van der Waals surface area (Å²) in [6, 6.07) is 10.6. The number of benzene rings is 2. The quantitative estimate of drug-likeness (QED) is 0.651. The van der Waals surface area contributed by atoms with Crippen molar-refractivity contribution in [2.75, 3.05) is 7.11 Å². The number of imidazole rings is 1. The van der Waals surface area contributed by atoms with E-state index in [2.05, 4.69) is 9.71 Å². The van der Waals surface area contributed by atoms with Crippen molar-refractivity contribution < 1.29 is 13.2 Å². The number of ether oxygens (including phenoxy) is 1. The SMILES string of the molecule is COc1cccc(C(NS(=O)(=O)c2cc(Cl)ccc2Cl)c2nccn2C)c1. The third kappa shape index (κ3) is 4.27. The highest BCUT2D eigenvalue weighted by molar-refractivity contribution is 7.89. The van der Waals surface area contributed by atoms with Crippen molar-refractivity contribution >= 4 is 33.2 Å². The van der Waals surface area contributed by atoms with E-state index in [1.807, 2.05) is 0 Å². The minimum Gasteiger partial charge on any atom is -0.497 e. The summed E-state index contributed by atoms with van der Waals surface area (Å²) in [5.74, 6) is 1.12. The van der Waals surface area contributed by atoms with Crippen LogP contribution in [0.4, 0.5) is 0 Å². The van der Waals surface area contributed by atoms with E-state index < -0.39 is 16.1 Å². The highest BCUT2D eigenvalue weighted by Crippen LogP contribution is 2.29. The maximum Gasteiger partial charge on any atom is 0.243 e. The van der Waals surface area contributed by atoms with Crippen LogP contribution in [0.2, 0.25) is 10.0 Å². The average Bonchev–Trinajstić information content (AvgIpc) is 3.07. The van der Waals surface area contributed by atoms with Gasteiger partial charge in [0.05, 0.1) is 12.1 Å². The van der Waals surface area contributed by atoms with Crippen molar-refractivity contribution in [1.29, 1.82) is 0 Å². The first-order chi connectivity index (χ1) is 12.8. The van der Waals surface area contributed by atoms with Gasteiger partial charge in [-0.25, -0.2) is 13.4 Å². The predicted molar refractivity (Wildman–Crippen MR) is 105 cm³/mol. The van der Waals surface area contributed by atoms with E-state index >= 15 is 0 Å². The van der Waals surface area contributed by atoms with Crippen LogP contribution in [0.5, 0.6) is 5.75 Å². The van der Waals surface area contributed by atoms with Crippen LogP contribution in [-0.2, 0) is 17.1 Å². The molecule has 9 heteroatoms. The van der Waals surface area contributed by atoms with Crippen molar-refractivity contribution in [1.82, 2.24) is 14.3 Å². The Morgan fingerprint density at radius 2 is 1.96 bits per heavy atom. The van der Waals surface area contributed by atoms with Gasteiger partial charge in [0.25, 0.3) is 0 Å². The molecule has 0 bridgehead atoms. The maximum atomic E-state index is 13.0. The highest BCUT2D eigenvalue weighted by atomic mass is 35.5. The van der Waals surface area contributed by atoms with Crippen LogP contribution >= 0.6 is 23.2 Å². The zero-order chi connectivity index (χ0) is 19.6. The second-order valence-corrected chi connectivity index (χ2v) is 8.33. The number of halogens is 2. The number of rotatable bonds is 6. The number of aromatic nitrogens is 2. The third-order valence-corrected chi connectivity index (χ3v) is 6.14. The zero-order valence-corrected chi connectivity index (χ0v) is 16.9. The topological polar surface area (TPSA) is 73.2 Å². The smallest absolute Gasteiger partial charge is 0.243 e. The average molecular weight is 426 g/mol. The van der Waals surface area contributed by atoms with E-state index in [1.165, 1.54) is 18.2 Å².